The molecule has 1 saturated heterocycles. The van der Waals surface area contributed by atoms with Crippen LogP contribution in [-0.4, -0.2) is 24.8 Å². The highest BCUT2D eigenvalue weighted by Crippen LogP contribution is 2.01. The molecule has 5 heteroatoms. The van der Waals surface area contributed by atoms with Crippen molar-refractivity contribution in [3.05, 3.63) is 30.6 Å². The number of ether oxygens (including phenoxy) is 1. The smallest absolute Gasteiger partial charge is 0.305 e. The van der Waals surface area contributed by atoms with Crippen LogP contribution in [0.2, 0.25) is 0 Å². The summed E-state index contributed by atoms with van der Waals surface area (Å²) in [6.07, 6.45) is 5.31. The number of rotatable bonds is 3. The second kappa shape index (κ2) is 6.10. The molecule has 2 rings (SSSR count). The molecule has 0 bridgehead atoms. The summed E-state index contributed by atoms with van der Waals surface area (Å²) in [4.78, 5) is 11.6. The van der Waals surface area contributed by atoms with E-state index in [0.717, 1.165) is 18.6 Å². The summed E-state index contributed by atoms with van der Waals surface area (Å²) < 4.78 is 7.01. The molecule has 5 nitrogen and oxygen atoms in total. The van der Waals surface area contributed by atoms with E-state index in [1.165, 1.54) is 0 Å². The fraction of sp³-hybridized carbons (Fsp3) is 0.417. The Morgan fingerprint density at radius 3 is 2.71 bits per heavy atom. The average Bonchev–Trinajstić information content (AvgIpc) is 2.39. The number of hydrogen-bond donors (Lipinski definition) is 1. The minimum absolute atomic E-state index is 0.111. The predicted octanol–water partition coefficient (Wildman–Crippen LogP) is 0.257. The molecule has 1 aromatic heterocycles. The minimum Gasteiger partial charge on any atom is -0.381 e. The van der Waals surface area contributed by atoms with Crippen LogP contribution < -0.4 is 9.99 Å². The summed E-state index contributed by atoms with van der Waals surface area (Å²) in [5, 5.41) is 4.10. The minimum atomic E-state index is -0.111. The third kappa shape index (κ3) is 3.96. The fourth-order valence-electron chi connectivity index (χ4n) is 1.60. The van der Waals surface area contributed by atoms with E-state index in [-0.39, 0.29) is 12.5 Å². The van der Waals surface area contributed by atoms with Crippen LogP contribution in [0.5, 0.6) is 0 Å². The molecule has 1 aliphatic rings. The quantitative estimate of drug-likeness (QED) is 0.602. The van der Waals surface area contributed by atoms with Gasteiger partial charge in [0.2, 0.25) is 6.54 Å². The van der Waals surface area contributed by atoms with Crippen LogP contribution in [0.15, 0.2) is 35.7 Å². The first-order valence-electron chi connectivity index (χ1n) is 5.71. The standard InChI is InChI=1S/C12H15N3O2/c16-12(10-15-6-2-1-3-7-15)14-13-11-4-8-17-9-5-11/h1-3,6-7H,4-5,8-10H2/p+1. The summed E-state index contributed by atoms with van der Waals surface area (Å²) in [6.45, 7) is 1.68. The molecule has 2 heterocycles. The summed E-state index contributed by atoms with van der Waals surface area (Å²) >= 11 is 0. The van der Waals surface area contributed by atoms with Gasteiger partial charge in [-0.15, -0.1) is 0 Å². The van der Waals surface area contributed by atoms with Gasteiger partial charge in [-0.1, -0.05) is 6.07 Å². The van der Waals surface area contributed by atoms with Crippen molar-refractivity contribution in [2.75, 3.05) is 13.2 Å². The van der Waals surface area contributed by atoms with Gasteiger partial charge >= 0.3 is 5.91 Å². The number of nitrogens with one attached hydrogen (secondary N) is 1. The molecule has 0 atom stereocenters. The number of carbonyl (C=O) groups is 1. The number of pyridine rings is 1. The predicted molar refractivity (Wildman–Crippen MR) is 62.3 cm³/mol. The molecule has 0 saturated carbocycles. The van der Waals surface area contributed by atoms with Crippen LogP contribution in [0, 0.1) is 0 Å². The maximum Gasteiger partial charge on any atom is 0.305 e. The van der Waals surface area contributed by atoms with Crippen LogP contribution in [0.3, 0.4) is 0 Å². The van der Waals surface area contributed by atoms with Crippen LogP contribution in [0.1, 0.15) is 12.8 Å². The molecule has 1 fully saturated rings. The second-order valence-electron chi connectivity index (χ2n) is 3.87. The van der Waals surface area contributed by atoms with Crippen molar-refractivity contribution in [3.63, 3.8) is 0 Å². The van der Waals surface area contributed by atoms with Gasteiger partial charge in [-0.3, -0.25) is 4.79 Å². The summed E-state index contributed by atoms with van der Waals surface area (Å²) in [5.41, 5.74) is 3.58. The Morgan fingerprint density at radius 1 is 1.29 bits per heavy atom. The monoisotopic (exact) mass is 234 g/mol. The van der Waals surface area contributed by atoms with Crippen molar-refractivity contribution in [2.24, 2.45) is 5.10 Å². The Labute approximate surface area is 100 Å². The largest absolute Gasteiger partial charge is 0.381 e. The first-order valence-corrected chi connectivity index (χ1v) is 5.71. The van der Waals surface area contributed by atoms with Crippen molar-refractivity contribution in [1.29, 1.82) is 0 Å². The molecule has 0 aromatic carbocycles. The molecular formula is C12H16N3O2+. The van der Waals surface area contributed by atoms with Crippen molar-refractivity contribution in [3.8, 4) is 0 Å². The molecule has 0 radical (unpaired) electrons. The van der Waals surface area contributed by atoms with Gasteiger partial charge in [0, 0.05) is 30.7 Å². The molecule has 1 aliphatic heterocycles. The van der Waals surface area contributed by atoms with E-state index >= 15 is 0 Å². The topological polar surface area (TPSA) is 54.6 Å². The van der Waals surface area contributed by atoms with Crippen LogP contribution in [0.25, 0.3) is 0 Å². The van der Waals surface area contributed by atoms with Gasteiger partial charge in [0.15, 0.2) is 12.4 Å². The maximum atomic E-state index is 11.6. The van der Waals surface area contributed by atoms with Gasteiger partial charge in [0.25, 0.3) is 0 Å². The lowest BCUT2D eigenvalue weighted by Gasteiger charge is -2.12. The number of nitrogens with zero attached hydrogens (tertiary/aromatic N) is 2. The van der Waals surface area contributed by atoms with Gasteiger partial charge in [0.05, 0.1) is 13.2 Å². The Hall–Kier alpha value is -1.75. The average molecular weight is 234 g/mol. The molecule has 0 aliphatic carbocycles. The first kappa shape index (κ1) is 11.7. The van der Waals surface area contributed by atoms with Gasteiger partial charge in [-0.2, -0.15) is 9.67 Å². The third-order valence-electron chi connectivity index (χ3n) is 2.51. The Bertz CT molecular complexity index is 395. The third-order valence-corrected chi connectivity index (χ3v) is 2.51. The summed E-state index contributed by atoms with van der Waals surface area (Å²) in [6, 6.07) is 5.69. The normalized spacial score (nSPS) is 15.4. The molecule has 1 aromatic rings. The molecule has 0 unspecified atom stereocenters. The van der Waals surface area contributed by atoms with Gasteiger partial charge in [-0.25, -0.2) is 5.43 Å². The van der Waals surface area contributed by atoms with E-state index in [0.29, 0.717) is 13.2 Å². The van der Waals surface area contributed by atoms with E-state index in [2.05, 4.69) is 10.5 Å². The molecule has 90 valence electrons. The van der Waals surface area contributed by atoms with Crippen LogP contribution >= 0.6 is 0 Å². The van der Waals surface area contributed by atoms with E-state index in [1.54, 1.807) is 4.57 Å². The number of carbonyl (C=O) groups excluding carboxylic acids is 1. The lowest BCUT2D eigenvalue weighted by atomic mass is 10.2. The van der Waals surface area contributed by atoms with E-state index in [1.807, 2.05) is 30.6 Å². The lowest BCUT2D eigenvalue weighted by Crippen LogP contribution is -2.41. The number of hydrogen-bond acceptors (Lipinski definition) is 3. The van der Waals surface area contributed by atoms with Crippen molar-refractivity contribution < 1.29 is 14.1 Å². The van der Waals surface area contributed by atoms with Crippen LogP contribution in [-0.2, 0) is 16.1 Å². The van der Waals surface area contributed by atoms with E-state index in [4.69, 9.17) is 4.74 Å². The van der Waals surface area contributed by atoms with Gasteiger partial charge in [0.1, 0.15) is 0 Å². The zero-order chi connectivity index (χ0) is 11.9. The van der Waals surface area contributed by atoms with Crippen molar-refractivity contribution in [2.45, 2.75) is 19.4 Å². The highest BCUT2D eigenvalue weighted by Gasteiger charge is 2.10. The zero-order valence-electron chi connectivity index (χ0n) is 9.63. The summed E-state index contributed by atoms with van der Waals surface area (Å²) in [5.74, 6) is -0.111. The Balaban J connectivity index is 1.81. The second-order valence-corrected chi connectivity index (χ2v) is 3.87. The van der Waals surface area contributed by atoms with E-state index in [9.17, 15) is 4.79 Å². The van der Waals surface area contributed by atoms with Crippen LogP contribution in [0.4, 0.5) is 0 Å². The van der Waals surface area contributed by atoms with Crippen molar-refractivity contribution >= 4 is 11.6 Å². The summed E-state index contributed by atoms with van der Waals surface area (Å²) in [7, 11) is 0. The molecule has 1 amide bonds. The van der Waals surface area contributed by atoms with Gasteiger partial charge < -0.3 is 4.74 Å². The molecule has 1 N–H and O–H groups in total. The number of aromatic nitrogens is 1. The number of amides is 1. The zero-order valence-corrected chi connectivity index (χ0v) is 9.63. The maximum absolute atomic E-state index is 11.6. The lowest BCUT2D eigenvalue weighted by molar-refractivity contribution is -0.684. The molecule has 0 spiro atoms. The van der Waals surface area contributed by atoms with E-state index < -0.39 is 0 Å². The van der Waals surface area contributed by atoms with Crippen molar-refractivity contribution in [1.82, 2.24) is 5.43 Å². The SMILES string of the molecule is O=C(C[n+]1ccccc1)NN=C1CCOCC1. The van der Waals surface area contributed by atoms with Gasteiger partial charge in [-0.05, 0) is 0 Å². The molecule has 17 heavy (non-hydrogen) atoms. The first-order chi connectivity index (χ1) is 8.34. The highest BCUT2D eigenvalue weighted by molar-refractivity contribution is 5.86. The fourth-order valence-corrected chi connectivity index (χ4v) is 1.60. The Morgan fingerprint density at radius 2 is 2.00 bits per heavy atom. The number of hydrazone groups is 1. The highest BCUT2D eigenvalue weighted by atomic mass is 16.5. The molecular weight excluding hydrogens is 218 g/mol. The Kier molecular flexibility index (Phi) is 4.21.